The van der Waals surface area contributed by atoms with E-state index in [1.807, 2.05) is 30.3 Å². The van der Waals surface area contributed by atoms with Gasteiger partial charge < -0.3 is 15.2 Å². The number of benzene rings is 2. The Morgan fingerprint density at radius 1 is 1.15 bits per heavy atom. The normalized spacial score (nSPS) is 9.63. The molecule has 2 aromatic rings. The van der Waals surface area contributed by atoms with Gasteiger partial charge in [-0.2, -0.15) is 0 Å². The molecular formula is C19H16N2O6. The average Bonchev–Trinajstić information content (AvgIpc) is 2.66. The lowest BCUT2D eigenvalue weighted by molar-refractivity contribution is -0.385. The minimum atomic E-state index is -1.30. The van der Waals surface area contributed by atoms with E-state index in [1.54, 1.807) is 0 Å². The van der Waals surface area contributed by atoms with Crippen LogP contribution in [-0.4, -0.2) is 28.6 Å². The van der Waals surface area contributed by atoms with Crippen LogP contribution in [0.3, 0.4) is 0 Å². The minimum Gasteiger partial charge on any atom is -0.478 e. The van der Waals surface area contributed by atoms with Gasteiger partial charge in [-0.05, 0) is 11.6 Å². The first-order valence-corrected chi connectivity index (χ1v) is 7.93. The van der Waals surface area contributed by atoms with Crippen molar-refractivity contribution in [3.05, 3.63) is 75.3 Å². The van der Waals surface area contributed by atoms with Crippen molar-refractivity contribution >= 4 is 17.7 Å². The molecule has 2 rings (SSSR count). The first-order chi connectivity index (χ1) is 13.0. The van der Waals surface area contributed by atoms with Crippen molar-refractivity contribution in [2.24, 2.45) is 0 Å². The number of nitro groups is 1. The molecule has 2 N–H and O–H groups in total. The van der Waals surface area contributed by atoms with Crippen LogP contribution in [0.5, 0.6) is 0 Å². The van der Waals surface area contributed by atoms with Crippen LogP contribution < -0.4 is 5.32 Å². The Hall–Kier alpha value is -3.86. The van der Waals surface area contributed by atoms with Crippen molar-refractivity contribution < 1.29 is 24.4 Å². The first-order valence-electron chi connectivity index (χ1n) is 7.93. The number of hydrogen-bond donors (Lipinski definition) is 2. The number of nitro benzene ring substituents is 1. The van der Waals surface area contributed by atoms with E-state index >= 15 is 0 Å². The van der Waals surface area contributed by atoms with Crippen LogP contribution >= 0.6 is 0 Å². The summed E-state index contributed by atoms with van der Waals surface area (Å²) in [5.41, 5.74) is 0.0660. The molecule has 0 aliphatic carbocycles. The maximum absolute atomic E-state index is 11.6. The molecule has 0 aliphatic rings. The summed E-state index contributed by atoms with van der Waals surface area (Å²) < 4.78 is 5.03. The van der Waals surface area contributed by atoms with Crippen LogP contribution in [-0.2, 0) is 11.3 Å². The highest BCUT2D eigenvalue weighted by Crippen LogP contribution is 2.21. The van der Waals surface area contributed by atoms with Crippen LogP contribution in [0.1, 0.15) is 27.9 Å². The zero-order valence-corrected chi connectivity index (χ0v) is 14.2. The lowest BCUT2D eigenvalue weighted by Gasteiger charge is -2.05. The standard InChI is InChI=1S/C19H16N2O6/c22-18(23)16-10-6-11-17(21(25)26)15(16)9-4-5-12-20-19(24)27-13-14-7-2-1-3-8-14/h1-3,6-8,10-11H,5,12-13H2,(H,20,24)(H,22,23). The van der Waals surface area contributed by atoms with Gasteiger partial charge in [0.15, 0.2) is 0 Å². The van der Waals surface area contributed by atoms with Gasteiger partial charge in [-0.1, -0.05) is 48.2 Å². The molecule has 27 heavy (non-hydrogen) atoms. The Balaban J connectivity index is 1.89. The molecule has 0 saturated heterocycles. The number of rotatable bonds is 6. The second kappa shape index (κ2) is 9.58. The van der Waals surface area contributed by atoms with Crippen LogP contribution in [0.25, 0.3) is 0 Å². The quantitative estimate of drug-likeness (QED) is 0.350. The second-order valence-corrected chi connectivity index (χ2v) is 5.30. The molecule has 8 nitrogen and oxygen atoms in total. The van der Waals surface area contributed by atoms with Crippen LogP contribution in [0.4, 0.5) is 10.5 Å². The van der Waals surface area contributed by atoms with Crippen molar-refractivity contribution in [1.82, 2.24) is 5.32 Å². The Kier molecular flexibility index (Phi) is 6.91. The first kappa shape index (κ1) is 19.5. The molecule has 0 aliphatic heterocycles. The Morgan fingerprint density at radius 2 is 1.89 bits per heavy atom. The summed E-state index contributed by atoms with van der Waals surface area (Å²) in [6.07, 6.45) is -0.441. The van der Waals surface area contributed by atoms with Crippen LogP contribution in [0, 0.1) is 22.0 Å². The van der Waals surface area contributed by atoms with E-state index in [-0.39, 0.29) is 36.4 Å². The van der Waals surface area contributed by atoms with Crippen molar-refractivity contribution in [3.8, 4) is 11.8 Å². The van der Waals surface area contributed by atoms with Crippen molar-refractivity contribution in [2.45, 2.75) is 13.0 Å². The Labute approximate surface area is 154 Å². The number of carbonyl (C=O) groups excluding carboxylic acids is 1. The van der Waals surface area contributed by atoms with Gasteiger partial charge in [-0.25, -0.2) is 9.59 Å². The molecule has 1 amide bonds. The van der Waals surface area contributed by atoms with E-state index in [2.05, 4.69) is 17.2 Å². The van der Waals surface area contributed by atoms with Gasteiger partial charge in [0.2, 0.25) is 0 Å². The van der Waals surface area contributed by atoms with E-state index < -0.39 is 17.0 Å². The molecule has 0 saturated carbocycles. The van der Waals surface area contributed by atoms with Gasteiger partial charge in [-0.3, -0.25) is 10.1 Å². The molecule has 0 atom stereocenters. The Morgan fingerprint density at radius 3 is 2.56 bits per heavy atom. The van der Waals surface area contributed by atoms with Crippen molar-refractivity contribution in [3.63, 3.8) is 0 Å². The molecule has 2 aromatic carbocycles. The highest BCUT2D eigenvalue weighted by molar-refractivity contribution is 5.92. The highest BCUT2D eigenvalue weighted by Gasteiger charge is 2.19. The lowest BCUT2D eigenvalue weighted by atomic mass is 10.1. The van der Waals surface area contributed by atoms with E-state index in [4.69, 9.17) is 9.84 Å². The number of carbonyl (C=O) groups is 2. The van der Waals surface area contributed by atoms with E-state index in [9.17, 15) is 19.7 Å². The number of alkyl carbamates (subject to hydrolysis) is 1. The lowest BCUT2D eigenvalue weighted by Crippen LogP contribution is -2.24. The van der Waals surface area contributed by atoms with E-state index in [0.29, 0.717) is 0 Å². The maximum atomic E-state index is 11.6. The van der Waals surface area contributed by atoms with E-state index in [1.165, 1.54) is 18.2 Å². The molecule has 0 bridgehead atoms. The largest absolute Gasteiger partial charge is 0.478 e. The van der Waals surface area contributed by atoms with Gasteiger partial charge in [-0.15, -0.1) is 0 Å². The van der Waals surface area contributed by atoms with Gasteiger partial charge in [0.1, 0.15) is 12.2 Å². The molecule has 0 unspecified atom stereocenters. The number of ether oxygens (including phenoxy) is 1. The highest BCUT2D eigenvalue weighted by atomic mass is 16.6. The zero-order chi connectivity index (χ0) is 19.6. The fraction of sp³-hybridized carbons (Fsp3) is 0.158. The van der Waals surface area contributed by atoms with Crippen molar-refractivity contribution in [1.29, 1.82) is 0 Å². The number of nitrogens with one attached hydrogen (secondary N) is 1. The number of carboxylic acids is 1. The fourth-order valence-electron chi connectivity index (χ4n) is 2.15. The molecule has 8 heteroatoms. The number of amides is 1. The second-order valence-electron chi connectivity index (χ2n) is 5.30. The SMILES string of the molecule is O=C(NCCC#Cc1c(C(=O)O)cccc1[N+](=O)[O-])OCc1ccccc1. The third kappa shape index (κ3) is 5.86. The van der Waals surface area contributed by atoms with Crippen LogP contribution in [0.15, 0.2) is 48.5 Å². The molecule has 138 valence electrons. The number of nitrogens with zero attached hydrogens (tertiary/aromatic N) is 1. The number of aromatic carboxylic acids is 1. The number of carboxylic acid groups (broad SMARTS) is 1. The molecule has 0 radical (unpaired) electrons. The zero-order valence-electron chi connectivity index (χ0n) is 14.2. The average molecular weight is 368 g/mol. The summed E-state index contributed by atoms with van der Waals surface area (Å²) >= 11 is 0. The summed E-state index contributed by atoms with van der Waals surface area (Å²) in [6, 6.07) is 12.9. The smallest absolute Gasteiger partial charge is 0.407 e. The predicted molar refractivity (Wildman–Crippen MR) is 96.2 cm³/mol. The fourth-order valence-corrected chi connectivity index (χ4v) is 2.15. The minimum absolute atomic E-state index is 0.135. The summed E-state index contributed by atoms with van der Waals surface area (Å²) in [5, 5.41) is 22.7. The third-order valence-corrected chi connectivity index (χ3v) is 3.42. The monoisotopic (exact) mass is 368 g/mol. The summed E-state index contributed by atoms with van der Waals surface area (Å²) in [5.74, 6) is 3.84. The third-order valence-electron chi connectivity index (χ3n) is 3.42. The predicted octanol–water partition coefficient (Wildman–Crippen LogP) is 2.96. The molecule has 0 heterocycles. The Bertz CT molecular complexity index is 867. The van der Waals surface area contributed by atoms with Gasteiger partial charge in [0, 0.05) is 19.0 Å². The summed E-state index contributed by atoms with van der Waals surface area (Å²) in [4.78, 5) is 33.1. The van der Waals surface area contributed by atoms with E-state index in [0.717, 1.165) is 5.56 Å². The van der Waals surface area contributed by atoms with Gasteiger partial charge in [0.05, 0.1) is 10.5 Å². The topological polar surface area (TPSA) is 119 Å². The van der Waals surface area contributed by atoms with Gasteiger partial charge in [0.25, 0.3) is 5.69 Å². The molecular weight excluding hydrogens is 352 g/mol. The number of hydrogen-bond acceptors (Lipinski definition) is 5. The maximum Gasteiger partial charge on any atom is 0.407 e. The molecule has 0 fully saturated rings. The molecule has 0 aromatic heterocycles. The molecule has 0 spiro atoms. The summed E-state index contributed by atoms with van der Waals surface area (Å²) in [6.45, 7) is 0.292. The van der Waals surface area contributed by atoms with Crippen LogP contribution in [0.2, 0.25) is 0 Å². The summed E-state index contributed by atoms with van der Waals surface area (Å²) in [7, 11) is 0. The van der Waals surface area contributed by atoms with Crippen molar-refractivity contribution in [2.75, 3.05) is 6.54 Å². The van der Waals surface area contributed by atoms with Gasteiger partial charge >= 0.3 is 12.1 Å².